The number of hydrogen-bond acceptors (Lipinski definition) is 4. The van der Waals surface area contributed by atoms with Gasteiger partial charge in [-0.1, -0.05) is 84.6 Å². The van der Waals surface area contributed by atoms with Gasteiger partial charge >= 0.3 is 0 Å². The second-order valence-electron chi connectivity index (χ2n) is 7.52. The molecule has 0 radical (unpaired) electrons. The van der Waals surface area contributed by atoms with E-state index in [1.807, 2.05) is 37.4 Å². The standard InChI is InChI=1S/C26H22N4S/c1-18-10-6-7-13-20(18)17-31-26-29-28-25(30(26)2)22-16-24(19-11-4-3-5-12-19)27-23-15-9-8-14-21(22)23/h3-16H,17H2,1-2H3. The van der Waals surface area contributed by atoms with Gasteiger partial charge in [-0.15, -0.1) is 10.2 Å². The molecular weight excluding hydrogens is 400 g/mol. The van der Waals surface area contributed by atoms with E-state index in [0.717, 1.165) is 44.5 Å². The van der Waals surface area contributed by atoms with Crippen molar-refractivity contribution in [3.63, 3.8) is 0 Å². The SMILES string of the molecule is Cc1ccccc1CSc1nnc(-c2cc(-c3ccccc3)nc3ccccc23)n1C. The highest BCUT2D eigenvalue weighted by Crippen LogP contribution is 2.33. The molecule has 0 bridgehead atoms. The van der Waals surface area contributed by atoms with Crippen molar-refractivity contribution in [3.05, 3.63) is 96.1 Å². The van der Waals surface area contributed by atoms with E-state index in [0.29, 0.717) is 0 Å². The number of aryl methyl sites for hydroxylation is 1. The van der Waals surface area contributed by atoms with Gasteiger partial charge < -0.3 is 4.57 Å². The van der Waals surface area contributed by atoms with Gasteiger partial charge in [0, 0.05) is 29.3 Å². The number of fused-ring (bicyclic) bond motifs is 1. The maximum Gasteiger partial charge on any atom is 0.191 e. The van der Waals surface area contributed by atoms with Crippen molar-refractivity contribution in [3.8, 4) is 22.6 Å². The quantitative estimate of drug-likeness (QED) is 0.312. The van der Waals surface area contributed by atoms with Crippen LogP contribution in [0, 0.1) is 6.92 Å². The third-order valence-corrected chi connectivity index (χ3v) is 6.55. The summed E-state index contributed by atoms with van der Waals surface area (Å²) in [7, 11) is 2.03. The molecule has 2 aromatic heterocycles. The Labute approximate surface area is 186 Å². The predicted molar refractivity (Wildman–Crippen MR) is 128 cm³/mol. The molecule has 0 aliphatic rings. The Morgan fingerprint density at radius 2 is 1.58 bits per heavy atom. The van der Waals surface area contributed by atoms with Gasteiger partial charge in [0.1, 0.15) is 0 Å². The maximum atomic E-state index is 4.89. The third kappa shape index (κ3) is 3.84. The Balaban J connectivity index is 1.56. The fourth-order valence-electron chi connectivity index (χ4n) is 3.71. The molecule has 0 aliphatic heterocycles. The summed E-state index contributed by atoms with van der Waals surface area (Å²) in [5, 5.41) is 11.1. The molecule has 0 fully saturated rings. The molecular formula is C26H22N4S. The predicted octanol–water partition coefficient (Wildman–Crippen LogP) is 6.30. The Hall–Kier alpha value is -3.44. The van der Waals surface area contributed by atoms with Crippen LogP contribution in [0.5, 0.6) is 0 Å². The zero-order valence-corrected chi connectivity index (χ0v) is 18.3. The van der Waals surface area contributed by atoms with Gasteiger partial charge in [-0.25, -0.2) is 4.98 Å². The number of rotatable bonds is 5. The van der Waals surface area contributed by atoms with Crippen LogP contribution in [0.2, 0.25) is 0 Å². The van der Waals surface area contributed by atoms with E-state index in [-0.39, 0.29) is 0 Å². The molecule has 5 aromatic rings. The minimum absolute atomic E-state index is 0.850. The highest BCUT2D eigenvalue weighted by molar-refractivity contribution is 7.98. The summed E-state index contributed by atoms with van der Waals surface area (Å²) in [6, 6.07) is 29.1. The summed E-state index contributed by atoms with van der Waals surface area (Å²) >= 11 is 1.71. The number of thioether (sulfide) groups is 1. The van der Waals surface area contributed by atoms with Crippen molar-refractivity contribution in [1.82, 2.24) is 19.7 Å². The first kappa shape index (κ1) is 19.5. The molecule has 3 aromatic carbocycles. The first-order chi connectivity index (χ1) is 15.2. The first-order valence-electron chi connectivity index (χ1n) is 10.2. The van der Waals surface area contributed by atoms with Gasteiger partial charge in [0.05, 0.1) is 11.2 Å². The van der Waals surface area contributed by atoms with E-state index in [1.54, 1.807) is 11.8 Å². The van der Waals surface area contributed by atoms with Crippen LogP contribution in [0.1, 0.15) is 11.1 Å². The normalized spacial score (nSPS) is 11.2. The molecule has 0 atom stereocenters. The van der Waals surface area contributed by atoms with Gasteiger partial charge in [-0.3, -0.25) is 0 Å². The van der Waals surface area contributed by atoms with E-state index in [2.05, 4.69) is 76.3 Å². The van der Waals surface area contributed by atoms with Crippen LogP contribution in [-0.2, 0) is 12.8 Å². The minimum Gasteiger partial charge on any atom is -0.305 e. The number of para-hydroxylation sites is 1. The summed E-state index contributed by atoms with van der Waals surface area (Å²) in [6.45, 7) is 2.15. The van der Waals surface area contributed by atoms with E-state index < -0.39 is 0 Å². The van der Waals surface area contributed by atoms with E-state index in [1.165, 1.54) is 11.1 Å². The Morgan fingerprint density at radius 3 is 2.42 bits per heavy atom. The lowest BCUT2D eigenvalue weighted by Gasteiger charge is -2.10. The molecule has 0 saturated carbocycles. The Bertz CT molecular complexity index is 1360. The molecule has 5 heteroatoms. The maximum absolute atomic E-state index is 4.89. The fourth-order valence-corrected chi connectivity index (χ4v) is 4.69. The van der Waals surface area contributed by atoms with Crippen molar-refractivity contribution in [1.29, 1.82) is 0 Å². The molecule has 152 valence electrons. The second-order valence-corrected chi connectivity index (χ2v) is 8.46. The summed E-state index contributed by atoms with van der Waals surface area (Å²) < 4.78 is 2.08. The van der Waals surface area contributed by atoms with Crippen molar-refractivity contribution in [2.24, 2.45) is 7.05 Å². The number of nitrogens with zero attached hydrogens (tertiary/aromatic N) is 4. The summed E-state index contributed by atoms with van der Waals surface area (Å²) in [4.78, 5) is 4.89. The molecule has 4 nitrogen and oxygen atoms in total. The first-order valence-corrected chi connectivity index (χ1v) is 11.2. The molecule has 0 unspecified atom stereocenters. The van der Waals surface area contributed by atoms with E-state index >= 15 is 0 Å². The molecule has 0 amide bonds. The number of hydrogen-bond donors (Lipinski definition) is 0. The molecule has 0 N–H and O–H groups in total. The number of aromatic nitrogens is 4. The summed E-state index contributed by atoms with van der Waals surface area (Å²) in [5.41, 5.74) is 6.64. The van der Waals surface area contributed by atoms with Crippen LogP contribution < -0.4 is 0 Å². The highest BCUT2D eigenvalue weighted by atomic mass is 32.2. The topological polar surface area (TPSA) is 43.6 Å². The Kier molecular flexibility index (Phi) is 5.26. The molecule has 2 heterocycles. The van der Waals surface area contributed by atoms with E-state index in [4.69, 9.17) is 4.98 Å². The smallest absolute Gasteiger partial charge is 0.191 e. The van der Waals surface area contributed by atoms with E-state index in [9.17, 15) is 0 Å². The van der Waals surface area contributed by atoms with Crippen LogP contribution in [0.25, 0.3) is 33.5 Å². The lowest BCUT2D eigenvalue weighted by molar-refractivity contribution is 0.794. The molecule has 31 heavy (non-hydrogen) atoms. The second kappa shape index (κ2) is 8.36. The van der Waals surface area contributed by atoms with Gasteiger partial charge in [0.15, 0.2) is 11.0 Å². The van der Waals surface area contributed by atoms with Crippen molar-refractivity contribution in [2.75, 3.05) is 0 Å². The van der Waals surface area contributed by atoms with Crippen molar-refractivity contribution in [2.45, 2.75) is 17.8 Å². The average Bonchev–Trinajstić information content (AvgIpc) is 3.18. The van der Waals surface area contributed by atoms with Crippen molar-refractivity contribution >= 4 is 22.7 Å². The van der Waals surface area contributed by atoms with Crippen LogP contribution >= 0.6 is 11.8 Å². The van der Waals surface area contributed by atoms with Crippen LogP contribution in [-0.4, -0.2) is 19.7 Å². The Morgan fingerprint density at radius 1 is 0.839 bits per heavy atom. The molecule has 0 saturated heterocycles. The largest absolute Gasteiger partial charge is 0.305 e. The fraction of sp³-hybridized carbons (Fsp3) is 0.115. The third-order valence-electron chi connectivity index (χ3n) is 5.48. The zero-order chi connectivity index (χ0) is 21.2. The monoisotopic (exact) mass is 422 g/mol. The highest BCUT2D eigenvalue weighted by Gasteiger charge is 2.16. The van der Waals surface area contributed by atoms with Crippen molar-refractivity contribution < 1.29 is 0 Å². The summed E-state index contributed by atoms with van der Waals surface area (Å²) in [6.07, 6.45) is 0. The minimum atomic E-state index is 0.850. The lowest BCUT2D eigenvalue weighted by Crippen LogP contribution is -1.97. The number of benzene rings is 3. The molecule has 0 spiro atoms. The van der Waals surface area contributed by atoms with Gasteiger partial charge in [0.2, 0.25) is 0 Å². The molecule has 0 aliphatic carbocycles. The summed E-state index contributed by atoms with van der Waals surface area (Å²) in [5.74, 6) is 1.72. The van der Waals surface area contributed by atoms with Gasteiger partial charge in [-0.05, 0) is 30.2 Å². The zero-order valence-electron chi connectivity index (χ0n) is 17.5. The average molecular weight is 423 g/mol. The lowest BCUT2D eigenvalue weighted by atomic mass is 10.0. The van der Waals surface area contributed by atoms with Crippen LogP contribution in [0.3, 0.4) is 0 Å². The van der Waals surface area contributed by atoms with Gasteiger partial charge in [0.25, 0.3) is 0 Å². The van der Waals surface area contributed by atoms with Crippen LogP contribution in [0.15, 0.2) is 90.1 Å². The number of pyridine rings is 1. The molecule has 5 rings (SSSR count). The van der Waals surface area contributed by atoms with Crippen LogP contribution in [0.4, 0.5) is 0 Å². The van der Waals surface area contributed by atoms with Gasteiger partial charge in [-0.2, -0.15) is 0 Å².